The van der Waals surface area contributed by atoms with Crippen molar-refractivity contribution in [3.05, 3.63) is 63.9 Å². The minimum absolute atomic E-state index is 0.0763. The standard InChI is InChI=1S/C16H10ClNO3S.C2H6/c17-22(20,21)10-5-6-11-9(7-10)8-14-12-3-1-2-4-13(12)16(19)18-15(11)14;1-2/h1-7H,8H2,(H,18,19);1-2H3. The first-order valence-electron chi connectivity index (χ1n) is 7.67. The van der Waals surface area contributed by atoms with E-state index in [9.17, 15) is 13.2 Å². The molecule has 3 aromatic rings. The molecule has 0 atom stereocenters. The molecule has 1 aliphatic carbocycles. The number of nitrogens with one attached hydrogen (secondary N) is 1. The van der Waals surface area contributed by atoms with E-state index in [1.807, 2.05) is 32.0 Å². The molecule has 1 aromatic heterocycles. The van der Waals surface area contributed by atoms with E-state index >= 15 is 0 Å². The van der Waals surface area contributed by atoms with Crippen molar-refractivity contribution in [3.8, 4) is 11.3 Å². The second kappa shape index (κ2) is 6.07. The predicted octanol–water partition coefficient (Wildman–Crippen LogP) is 4.05. The fourth-order valence-electron chi connectivity index (χ4n) is 3.05. The highest BCUT2D eigenvalue weighted by Gasteiger charge is 2.24. The largest absolute Gasteiger partial charge is 0.321 e. The predicted molar refractivity (Wildman–Crippen MR) is 97.2 cm³/mol. The van der Waals surface area contributed by atoms with E-state index in [0.717, 1.165) is 27.8 Å². The number of pyridine rings is 1. The lowest BCUT2D eigenvalue weighted by Crippen LogP contribution is -2.08. The van der Waals surface area contributed by atoms with Crippen molar-refractivity contribution < 1.29 is 8.42 Å². The molecule has 1 aliphatic rings. The molecular weight excluding hydrogens is 346 g/mol. The van der Waals surface area contributed by atoms with E-state index in [0.29, 0.717) is 11.8 Å². The Bertz CT molecular complexity index is 1100. The molecule has 0 saturated carbocycles. The van der Waals surface area contributed by atoms with Gasteiger partial charge >= 0.3 is 0 Å². The van der Waals surface area contributed by atoms with E-state index in [-0.39, 0.29) is 10.5 Å². The summed E-state index contributed by atoms with van der Waals surface area (Å²) < 4.78 is 23.0. The van der Waals surface area contributed by atoms with Gasteiger partial charge < -0.3 is 4.98 Å². The maximum absolute atomic E-state index is 12.2. The number of H-pyrrole nitrogens is 1. The number of rotatable bonds is 1. The average Bonchev–Trinajstić information content (AvgIpc) is 2.94. The summed E-state index contributed by atoms with van der Waals surface area (Å²) in [6.45, 7) is 4.00. The van der Waals surface area contributed by atoms with Crippen molar-refractivity contribution in [2.75, 3.05) is 0 Å². The van der Waals surface area contributed by atoms with Gasteiger partial charge in [-0.05, 0) is 34.7 Å². The Kier molecular flexibility index (Phi) is 4.24. The van der Waals surface area contributed by atoms with Crippen molar-refractivity contribution in [2.24, 2.45) is 0 Å². The molecule has 124 valence electrons. The van der Waals surface area contributed by atoms with Gasteiger partial charge in [-0.2, -0.15) is 0 Å². The second-order valence-electron chi connectivity index (χ2n) is 5.29. The average molecular weight is 362 g/mol. The van der Waals surface area contributed by atoms with Crippen LogP contribution in [-0.2, 0) is 15.5 Å². The van der Waals surface area contributed by atoms with E-state index in [4.69, 9.17) is 10.7 Å². The molecule has 2 aromatic carbocycles. The molecule has 0 amide bonds. The van der Waals surface area contributed by atoms with E-state index < -0.39 is 9.05 Å². The molecule has 0 radical (unpaired) electrons. The van der Waals surface area contributed by atoms with E-state index in [1.54, 1.807) is 18.2 Å². The first-order valence-corrected chi connectivity index (χ1v) is 9.98. The van der Waals surface area contributed by atoms with E-state index in [1.165, 1.54) is 6.07 Å². The maximum Gasteiger partial charge on any atom is 0.261 e. The molecule has 0 saturated heterocycles. The number of fused-ring (bicyclic) bond motifs is 5. The highest BCUT2D eigenvalue weighted by atomic mass is 35.7. The van der Waals surface area contributed by atoms with Crippen LogP contribution in [0.25, 0.3) is 22.0 Å². The second-order valence-corrected chi connectivity index (χ2v) is 7.85. The number of aromatic amines is 1. The lowest BCUT2D eigenvalue weighted by atomic mass is 10.0. The maximum atomic E-state index is 12.2. The third kappa shape index (κ3) is 2.64. The van der Waals surface area contributed by atoms with Crippen molar-refractivity contribution in [3.63, 3.8) is 0 Å². The Morgan fingerprint density at radius 3 is 2.38 bits per heavy atom. The van der Waals surface area contributed by atoms with Crippen LogP contribution in [0.1, 0.15) is 25.0 Å². The normalized spacial score (nSPS) is 12.3. The van der Waals surface area contributed by atoms with Crippen LogP contribution in [0.4, 0.5) is 0 Å². The molecule has 0 unspecified atom stereocenters. The van der Waals surface area contributed by atoms with Crippen LogP contribution in [0.2, 0.25) is 0 Å². The van der Waals surface area contributed by atoms with Gasteiger partial charge in [-0.15, -0.1) is 0 Å². The van der Waals surface area contributed by atoms with Crippen LogP contribution in [0, 0.1) is 0 Å². The fraction of sp³-hybridized carbons (Fsp3) is 0.167. The molecular formula is C18H16ClNO3S. The number of hydrogen-bond donors (Lipinski definition) is 1. The third-order valence-electron chi connectivity index (χ3n) is 4.03. The smallest absolute Gasteiger partial charge is 0.261 e. The zero-order valence-corrected chi connectivity index (χ0v) is 14.8. The van der Waals surface area contributed by atoms with Crippen LogP contribution in [0.3, 0.4) is 0 Å². The van der Waals surface area contributed by atoms with Crippen LogP contribution < -0.4 is 5.56 Å². The summed E-state index contributed by atoms with van der Waals surface area (Å²) in [6, 6.07) is 12.1. The Labute approximate surface area is 144 Å². The van der Waals surface area contributed by atoms with Gasteiger partial charge in [0.05, 0.1) is 10.6 Å². The molecule has 4 rings (SSSR count). The summed E-state index contributed by atoms with van der Waals surface area (Å²) in [5.41, 5.74) is 3.33. The van der Waals surface area contributed by atoms with Gasteiger partial charge in [-0.25, -0.2) is 8.42 Å². The minimum atomic E-state index is -3.76. The van der Waals surface area contributed by atoms with Crippen LogP contribution in [-0.4, -0.2) is 13.4 Å². The Balaban J connectivity index is 0.000000815. The molecule has 24 heavy (non-hydrogen) atoms. The molecule has 0 aliphatic heterocycles. The zero-order chi connectivity index (χ0) is 17.5. The highest BCUT2D eigenvalue weighted by molar-refractivity contribution is 8.13. The first-order chi connectivity index (χ1) is 11.4. The summed E-state index contributed by atoms with van der Waals surface area (Å²) in [4.78, 5) is 15.2. The van der Waals surface area contributed by atoms with Gasteiger partial charge in [-0.3, -0.25) is 4.79 Å². The SMILES string of the molecule is CC.O=c1[nH]c2c(c3ccccc13)Cc1cc(S(=O)(=O)Cl)ccc1-2. The highest BCUT2D eigenvalue weighted by Crippen LogP contribution is 2.38. The van der Waals surface area contributed by atoms with Crippen molar-refractivity contribution in [1.29, 1.82) is 0 Å². The molecule has 0 fully saturated rings. The Morgan fingerprint density at radius 2 is 1.71 bits per heavy atom. The minimum Gasteiger partial charge on any atom is -0.321 e. The Morgan fingerprint density at radius 1 is 1.04 bits per heavy atom. The number of benzene rings is 2. The van der Waals surface area contributed by atoms with Crippen LogP contribution in [0.15, 0.2) is 52.2 Å². The number of halogens is 1. The molecule has 1 heterocycles. The summed E-state index contributed by atoms with van der Waals surface area (Å²) in [7, 11) is 1.64. The molecule has 0 spiro atoms. The molecule has 0 bridgehead atoms. The summed E-state index contributed by atoms with van der Waals surface area (Å²) in [6.07, 6.45) is 0.572. The van der Waals surface area contributed by atoms with Crippen LogP contribution in [0.5, 0.6) is 0 Å². The van der Waals surface area contributed by atoms with Gasteiger partial charge in [0.25, 0.3) is 14.6 Å². The van der Waals surface area contributed by atoms with Crippen molar-refractivity contribution in [1.82, 2.24) is 4.98 Å². The number of hydrogen-bond acceptors (Lipinski definition) is 3. The van der Waals surface area contributed by atoms with Gasteiger partial charge in [0.2, 0.25) is 0 Å². The quantitative estimate of drug-likeness (QED) is 0.520. The fourth-order valence-corrected chi connectivity index (χ4v) is 3.85. The molecule has 1 N–H and O–H groups in total. The van der Waals surface area contributed by atoms with Gasteiger partial charge in [0, 0.05) is 28.1 Å². The summed E-state index contributed by atoms with van der Waals surface area (Å²) in [5.74, 6) is 0. The Hall–Kier alpha value is -2.11. The first kappa shape index (κ1) is 16.7. The van der Waals surface area contributed by atoms with Crippen LogP contribution >= 0.6 is 10.7 Å². The number of aromatic nitrogens is 1. The monoisotopic (exact) mass is 361 g/mol. The van der Waals surface area contributed by atoms with Crippen molar-refractivity contribution >= 4 is 30.5 Å². The lowest BCUT2D eigenvalue weighted by molar-refractivity contribution is 0.609. The molecule has 6 heteroatoms. The summed E-state index contributed by atoms with van der Waals surface area (Å²) >= 11 is 0. The summed E-state index contributed by atoms with van der Waals surface area (Å²) in [5, 5.41) is 1.53. The van der Waals surface area contributed by atoms with Gasteiger partial charge in [0.15, 0.2) is 0 Å². The van der Waals surface area contributed by atoms with E-state index in [2.05, 4.69) is 4.98 Å². The van der Waals surface area contributed by atoms with Gasteiger partial charge in [0.1, 0.15) is 0 Å². The molecule has 4 nitrogen and oxygen atoms in total. The topological polar surface area (TPSA) is 67.0 Å². The van der Waals surface area contributed by atoms with Crippen molar-refractivity contribution in [2.45, 2.75) is 25.2 Å². The lowest BCUT2D eigenvalue weighted by Gasteiger charge is -2.05. The third-order valence-corrected chi connectivity index (χ3v) is 5.38. The van der Waals surface area contributed by atoms with Gasteiger partial charge in [-0.1, -0.05) is 38.1 Å². The zero-order valence-electron chi connectivity index (χ0n) is 13.3.